The molecular formula is C16H28N2O16P2. The maximum atomic E-state index is 12.2. The zero-order valence-electron chi connectivity index (χ0n) is 18.7. The maximum Gasteiger partial charge on any atom is 0.483 e. The van der Waals surface area contributed by atoms with E-state index < -0.39 is 95.9 Å². The highest BCUT2D eigenvalue weighted by Gasteiger charge is 2.49. The van der Waals surface area contributed by atoms with Crippen molar-refractivity contribution in [1.82, 2.24) is 10.2 Å². The molecule has 0 bridgehead atoms. The van der Waals surface area contributed by atoms with Crippen molar-refractivity contribution < 1.29 is 76.9 Å². The van der Waals surface area contributed by atoms with Crippen LogP contribution >= 0.6 is 15.6 Å². The lowest BCUT2D eigenvalue weighted by Crippen LogP contribution is -2.58. The standard InChI is InChI=1S/C16H28N2O16P2/c1-6-3-18(16(25)17-14(6)24)10-2-7(20)9(31-10)5-30-35(26,27)34-36(28,29)33-15-13(23)12(22)11(21)8(4-19)32-15/h6-13,15,19-23H,2-5H2,1H3,(H,26,27)(H,28,29)(H,17,24,25)/t6?,7-,8+,9+,10+,11+,12-,13+,15?/m0/s1. The lowest BCUT2D eigenvalue weighted by atomic mass is 10.00. The third-order valence-electron chi connectivity index (χ3n) is 5.65. The molecule has 3 amide bonds. The summed E-state index contributed by atoms with van der Waals surface area (Å²) >= 11 is 0. The van der Waals surface area contributed by atoms with Crippen molar-refractivity contribution >= 4 is 27.6 Å². The number of phosphoric ester groups is 2. The van der Waals surface area contributed by atoms with Crippen LogP contribution in [0.3, 0.4) is 0 Å². The van der Waals surface area contributed by atoms with Crippen LogP contribution in [0.25, 0.3) is 0 Å². The monoisotopic (exact) mass is 566 g/mol. The average Bonchev–Trinajstić information content (AvgIpc) is 3.14. The lowest BCUT2D eigenvalue weighted by molar-refractivity contribution is -0.280. The molecule has 11 atom stereocenters. The Balaban J connectivity index is 1.54. The van der Waals surface area contributed by atoms with Gasteiger partial charge in [0.05, 0.1) is 25.2 Å². The summed E-state index contributed by atoms with van der Waals surface area (Å²) in [6.45, 7) is -0.142. The van der Waals surface area contributed by atoms with Gasteiger partial charge in [-0.2, -0.15) is 4.31 Å². The number of urea groups is 1. The molecule has 3 heterocycles. The molecule has 208 valence electrons. The van der Waals surface area contributed by atoms with E-state index in [0.29, 0.717) is 0 Å². The molecule has 3 fully saturated rings. The summed E-state index contributed by atoms with van der Waals surface area (Å²) in [4.78, 5) is 44.4. The number of hydrogen-bond donors (Lipinski definition) is 8. The van der Waals surface area contributed by atoms with E-state index in [0.717, 1.165) is 4.90 Å². The molecule has 0 spiro atoms. The minimum absolute atomic E-state index is 0.000218. The van der Waals surface area contributed by atoms with Gasteiger partial charge >= 0.3 is 21.7 Å². The van der Waals surface area contributed by atoms with Crippen molar-refractivity contribution in [3.8, 4) is 0 Å². The second kappa shape index (κ2) is 11.3. The fourth-order valence-electron chi connectivity index (χ4n) is 3.69. The van der Waals surface area contributed by atoms with Gasteiger partial charge < -0.3 is 44.8 Å². The summed E-state index contributed by atoms with van der Waals surface area (Å²) in [5, 5.41) is 50.7. The molecule has 3 aliphatic rings. The van der Waals surface area contributed by atoms with Gasteiger partial charge in [0, 0.05) is 13.0 Å². The largest absolute Gasteiger partial charge is 0.483 e. The quantitative estimate of drug-likeness (QED) is 0.127. The smallest absolute Gasteiger partial charge is 0.394 e. The van der Waals surface area contributed by atoms with E-state index in [1.54, 1.807) is 6.92 Å². The van der Waals surface area contributed by atoms with Gasteiger partial charge in [-0.1, -0.05) is 6.92 Å². The minimum Gasteiger partial charge on any atom is -0.394 e. The van der Waals surface area contributed by atoms with Crippen molar-refractivity contribution in [2.45, 2.75) is 62.5 Å². The van der Waals surface area contributed by atoms with Gasteiger partial charge in [0.15, 0.2) is 6.29 Å². The van der Waals surface area contributed by atoms with E-state index in [1.807, 2.05) is 0 Å². The zero-order valence-corrected chi connectivity index (χ0v) is 20.5. The zero-order chi connectivity index (χ0) is 27.0. The Kier molecular flexibility index (Phi) is 9.29. The number of hydrogen-bond acceptors (Lipinski definition) is 14. The minimum atomic E-state index is -5.53. The molecule has 4 unspecified atom stereocenters. The SMILES string of the molecule is CC1CN([C@H]2C[C@H](O)[C@@H](COP(=O)(O)OP(=O)(O)OC3O[C@H](CO)[C@@H](O)[C@H](O)[C@H]3O)O2)C(=O)NC1=O. The van der Waals surface area contributed by atoms with E-state index in [1.165, 1.54) is 0 Å². The molecule has 0 aromatic heterocycles. The molecule has 0 aromatic rings. The van der Waals surface area contributed by atoms with Crippen LogP contribution in [-0.2, 0) is 36.8 Å². The molecule has 18 nitrogen and oxygen atoms in total. The highest BCUT2D eigenvalue weighted by atomic mass is 31.3. The summed E-state index contributed by atoms with van der Waals surface area (Å²) < 4.78 is 47.9. The van der Waals surface area contributed by atoms with Gasteiger partial charge in [-0.15, -0.1) is 0 Å². The summed E-state index contributed by atoms with van der Waals surface area (Å²) in [5.41, 5.74) is 0. The molecule has 0 saturated carbocycles. The van der Waals surface area contributed by atoms with E-state index in [2.05, 4.69) is 18.7 Å². The Morgan fingerprint density at radius 1 is 1.03 bits per heavy atom. The topological polar surface area (TPSA) is 271 Å². The molecule has 20 heteroatoms. The van der Waals surface area contributed by atoms with Crippen LogP contribution < -0.4 is 5.32 Å². The number of nitrogens with one attached hydrogen (secondary N) is 1. The van der Waals surface area contributed by atoms with Crippen LogP contribution in [0, 0.1) is 5.92 Å². The fourth-order valence-corrected chi connectivity index (χ4v) is 5.85. The van der Waals surface area contributed by atoms with Gasteiger partial charge in [0.1, 0.15) is 36.7 Å². The third kappa shape index (κ3) is 6.86. The van der Waals surface area contributed by atoms with Crippen molar-refractivity contribution in [1.29, 1.82) is 0 Å². The van der Waals surface area contributed by atoms with Crippen molar-refractivity contribution in [2.75, 3.05) is 19.8 Å². The fraction of sp³-hybridized carbons (Fsp3) is 0.875. The Morgan fingerprint density at radius 2 is 1.69 bits per heavy atom. The van der Waals surface area contributed by atoms with Crippen LogP contribution in [0.4, 0.5) is 4.79 Å². The lowest BCUT2D eigenvalue weighted by Gasteiger charge is -2.39. The first-order valence-electron chi connectivity index (χ1n) is 10.6. The summed E-state index contributed by atoms with van der Waals surface area (Å²) in [6, 6.07) is -0.750. The van der Waals surface area contributed by atoms with E-state index in [-0.39, 0.29) is 13.0 Å². The number of ether oxygens (including phenoxy) is 2. The number of amides is 3. The molecule has 8 N–H and O–H groups in total. The van der Waals surface area contributed by atoms with Crippen molar-refractivity contribution in [3.63, 3.8) is 0 Å². The predicted molar refractivity (Wildman–Crippen MR) is 110 cm³/mol. The summed E-state index contributed by atoms with van der Waals surface area (Å²) in [5.74, 6) is -1.03. The number of phosphoric acid groups is 2. The van der Waals surface area contributed by atoms with Crippen LogP contribution in [0.15, 0.2) is 0 Å². The van der Waals surface area contributed by atoms with Gasteiger partial charge in [0.25, 0.3) is 0 Å². The van der Waals surface area contributed by atoms with Gasteiger partial charge in [-0.25, -0.2) is 13.9 Å². The molecule has 0 radical (unpaired) electrons. The second-order valence-electron chi connectivity index (χ2n) is 8.40. The van der Waals surface area contributed by atoms with Crippen LogP contribution in [0.2, 0.25) is 0 Å². The molecule has 3 rings (SSSR count). The number of carbonyl (C=O) groups excluding carboxylic acids is 2. The molecule has 3 saturated heterocycles. The Morgan fingerprint density at radius 3 is 2.33 bits per heavy atom. The molecular weight excluding hydrogens is 538 g/mol. The first kappa shape index (κ1) is 29.5. The van der Waals surface area contributed by atoms with Crippen molar-refractivity contribution in [2.24, 2.45) is 5.92 Å². The third-order valence-corrected chi connectivity index (χ3v) is 8.26. The number of carbonyl (C=O) groups is 2. The Hall–Kier alpha value is -1.08. The first-order valence-corrected chi connectivity index (χ1v) is 13.6. The number of rotatable bonds is 9. The maximum absolute atomic E-state index is 12.2. The summed E-state index contributed by atoms with van der Waals surface area (Å²) in [6.07, 6.45) is -13.2. The molecule has 3 aliphatic heterocycles. The number of aliphatic hydroxyl groups excluding tert-OH is 5. The van der Waals surface area contributed by atoms with E-state index in [9.17, 15) is 48.9 Å². The van der Waals surface area contributed by atoms with Crippen LogP contribution in [-0.4, -0.2) is 121 Å². The van der Waals surface area contributed by atoms with Gasteiger partial charge in [-0.3, -0.25) is 24.1 Å². The van der Waals surface area contributed by atoms with Crippen LogP contribution in [0.1, 0.15) is 13.3 Å². The van der Waals surface area contributed by atoms with E-state index >= 15 is 0 Å². The highest BCUT2D eigenvalue weighted by molar-refractivity contribution is 7.61. The van der Waals surface area contributed by atoms with Crippen LogP contribution in [0.5, 0.6) is 0 Å². The second-order valence-corrected chi connectivity index (χ2v) is 11.4. The molecule has 0 aliphatic carbocycles. The molecule has 36 heavy (non-hydrogen) atoms. The summed E-state index contributed by atoms with van der Waals surface area (Å²) in [7, 11) is -10.9. The normalized spacial score (nSPS) is 41.0. The number of aliphatic hydroxyl groups is 5. The van der Waals surface area contributed by atoms with Gasteiger partial charge in [0.2, 0.25) is 5.91 Å². The average molecular weight is 566 g/mol. The number of nitrogens with zero attached hydrogens (tertiary/aromatic N) is 1. The van der Waals surface area contributed by atoms with Crippen molar-refractivity contribution in [3.05, 3.63) is 0 Å². The Labute approximate surface area is 203 Å². The first-order chi connectivity index (χ1) is 16.6. The number of imide groups is 1. The predicted octanol–water partition coefficient (Wildman–Crippen LogP) is -3.30. The van der Waals surface area contributed by atoms with E-state index in [4.69, 9.17) is 14.6 Å². The highest BCUT2D eigenvalue weighted by Crippen LogP contribution is 2.61. The Bertz CT molecular complexity index is 921. The van der Waals surface area contributed by atoms with Gasteiger partial charge in [-0.05, 0) is 0 Å². The molecule has 0 aromatic carbocycles.